The van der Waals surface area contributed by atoms with Crippen LogP contribution in [-0.4, -0.2) is 31.2 Å². The summed E-state index contributed by atoms with van der Waals surface area (Å²) in [5.74, 6) is -0.724. The van der Waals surface area contributed by atoms with Gasteiger partial charge < -0.3 is 5.32 Å². The fraction of sp³-hybridized carbons (Fsp3) is 0.294. The van der Waals surface area contributed by atoms with Crippen molar-refractivity contribution in [3.63, 3.8) is 0 Å². The Morgan fingerprint density at radius 2 is 1.85 bits per heavy atom. The first-order valence-corrected chi connectivity index (χ1v) is 8.60. The smallest absolute Gasteiger partial charge is 0.329 e. The normalized spacial score (nSPS) is 12.5. The molecule has 0 radical (unpaired) electrons. The number of thiophene rings is 1. The van der Waals surface area contributed by atoms with Gasteiger partial charge in [-0.1, -0.05) is 35.9 Å². The van der Waals surface area contributed by atoms with Crippen LogP contribution < -0.4 is 16.0 Å². The van der Waals surface area contributed by atoms with Crippen molar-refractivity contribution < 1.29 is 22.8 Å². The number of carbonyl (C=O) groups is 2. The van der Waals surface area contributed by atoms with Gasteiger partial charge in [-0.25, -0.2) is 4.79 Å². The third-order valence-electron chi connectivity index (χ3n) is 3.41. The molecule has 0 aliphatic rings. The average Bonchev–Trinajstić information content (AvgIpc) is 3.08. The lowest BCUT2D eigenvalue weighted by Crippen LogP contribution is -2.46. The van der Waals surface area contributed by atoms with Crippen molar-refractivity contribution >= 4 is 23.3 Å². The van der Waals surface area contributed by atoms with E-state index in [1.54, 1.807) is 5.32 Å². The van der Waals surface area contributed by atoms with Gasteiger partial charge in [-0.15, -0.1) is 11.3 Å². The minimum absolute atomic E-state index is 0.226. The molecule has 2 rings (SSSR count). The first-order valence-electron chi connectivity index (χ1n) is 7.72. The highest BCUT2D eigenvalue weighted by Crippen LogP contribution is 2.26. The standard InChI is InChI=1S/C17H18F3N3O2S/c1-11-4-6-12(7-5-11)15(13-3-2-8-26-13)21-9-14(24)23-16(25)22-10-17(18,19)20/h2-8,15,21H,9-10H2,1H3,(H2,22,23,24,25)/t15-/m1/s1. The zero-order valence-electron chi connectivity index (χ0n) is 13.9. The summed E-state index contributed by atoms with van der Waals surface area (Å²) in [7, 11) is 0. The van der Waals surface area contributed by atoms with Gasteiger partial charge in [0.25, 0.3) is 0 Å². The molecule has 0 saturated carbocycles. The SMILES string of the molecule is Cc1ccc([C@@H](NCC(=O)NC(=O)NCC(F)(F)F)c2cccs2)cc1. The lowest BCUT2D eigenvalue weighted by Gasteiger charge is -2.18. The molecule has 5 nitrogen and oxygen atoms in total. The van der Waals surface area contributed by atoms with Crippen LogP contribution in [0.2, 0.25) is 0 Å². The molecule has 1 aromatic carbocycles. The second-order valence-corrected chi connectivity index (χ2v) is 6.57. The molecule has 0 aliphatic heterocycles. The predicted molar refractivity (Wildman–Crippen MR) is 92.9 cm³/mol. The molecule has 3 amide bonds. The minimum Gasteiger partial charge on any atom is -0.329 e. The maximum atomic E-state index is 12.0. The van der Waals surface area contributed by atoms with Gasteiger partial charge >= 0.3 is 12.2 Å². The number of benzene rings is 1. The molecule has 3 N–H and O–H groups in total. The van der Waals surface area contributed by atoms with E-state index in [0.717, 1.165) is 16.0 Å². The summed E-state index contributed by atoms with van der Waals surface area (Å²) < 4.78 is 36.1. The van der Waals surface area contributed by atoms with Crippen molar-refractivity contribution in [3.05, 3.63) is 57.8 Å². The Kier molecular flexibility index (Phi) is 6.76. The Labute approximate surface area is 152 Å². The summed E-state index contributed by atoms with van der Waals surface area (Å²) in [6.45, 7) is 0.237. The highest BCUT2D eigenvalue weighted by molar-refractivity contribution is 7.10. The van der Waals surface area contributed by atoms with Crippen molar-refractivity contribution in [2.24, 2.45) is 0 Å². The van der Waals surface area contributed by atoms with Crippen molar-refractivity contribution in [2.75, 3.05) is 13.1 Å². The second kappa shape index (κ2) is 8.81. The molecule has 2 aromatic rings. The molecule has 0 unspecified atom stereocenters. The average molecular weight is 385 g/mol. The van der Waals surface area contributed by atoms with E-state index in [0.29, 0.717) is 0 Å². The van der Waals surface area contributed by atoms with Crippen molar-refractivity contribution in [3.8, 4) is 0 Å². The molecule has 0 fully saturated rings. The topological polar surface area (TPSA) is 70.2 Å². The van der Waals surface area contributed by atoms with Crippen LogP contribution in [0, 0.1) is 6.92 Å². The number of amides is 3. The molecule has 26 heavy (non-hydrogen) atoms. The van der Waals surface area contributed by atoms with Crippen LogP contribution in [0.4, 0.5) is 18.0 Å². The second-order valence-electron chi connectivity index (χ2n) is 5.59. The molecule has 1 atom stereocenters. The van der Waals surface area contributed by atoms with Crippen LogP contribution in [-0.2, 0) is 4.79 Å². The molecule has 0 spiro atoms. The van der Waals surface area contributed by atoms with E-state index < -0.39 is 24.7 Å². The highest BCUT2D eigenvalue weighted by atomic mass is 32.1. The Morgan fingerprint density at radius 1 is 1.15 bits per heavy atom. The highest BCUT2D eigenvalue weighted by Gasteiger charge is 2.28. The van der Waals surface area contributed by atoms with E-state index in [4.69, 9.17) is 0 Å². The molecule has 0 bridgehead atoms. The van der Waals surface area contributed by atoms with Crippen molar-refractivity contribution in [2.45, 2.75) is 19.1 Å². The molecule has 0 saturated heterocycles. The number of hydrogen-bond donors (Lipinski definition) is 3. The Bertz CT molecular complexity index is 731. The number of nitrogens with one attached hydrogen (secondary N) is 3. The van der Waals surface area contributed by atoms with E-state index in [9.17, 15) is 22.8 Å². The fourth-order valence-electron chi connectivity index (χ4n) is 2.19. The Balaban J connectivity index is 1.94. The van der Waals surface area contributed by atoms with Gasteiger partial charge in [-0.05, 0) is 23.9 Å². The van der Waals surface area contributed by atoms with E-state index in [1.165, 1.54) is 11.3 Å². The van der Waals surface area contributed by atoms with Crippen LogP contribution in [0.3, 0.4) is 0 Å². The maximum Gasteiger partial charge on any atom is 0.405 e. The summed E-state index contributed by atoms with van der Waals surface area (Å²) in [6.07, 6.45) is -4.53. The van der Waals surface area contributed by atoms with Crippen LogP contribution in [0.15, 0.2) is 41.8 Å². The lowest BCUT2D eigenvalue weighted by molar-refractivity contribution is -0.124. The van der Waals surface area contributed by atoms with Gasteiger partial charge in [0.2, 0.25) is 5.91 Å². The number of aryl methyl sites for hydroxylation is 1. The third kappa shape index (κ3) is 6.49. The van der Waals surface area contributed by atoms with E-state index in [2.05, 4.69) is 5.32 Å². The summed E-state index contributed by atoms with van der Waals surface area (Å²) >= 11 is 1.51. The number of carbonyl (C=O) groups excluding carboxylic acids is 2. The molecule has 0 aliphatic carbocycles. The number of rotatable bonds is 6. The van der Waals surface area contributed by atoms with Gasteiger partial charge in [0.1, 0.15) is 6.54 Å². The first kappa shape index (κ1) is 19.9. The molecule has 140 valence electrons. The zero-order valence-corrected chi connectivity index (χ0v) is 14.7. The summed E-state index contributed by atoms with van der Waals surface area (Å²) in [4.78, 5) is 24.1. The lowest BCUT2D eigenvalue weighted by atomic mass is 10.0. The summed E-state index contributed by atoms with van der Waals surface area (Å²) in [5, 5.41) is 8.39. The van der Waals surface area contributed by atoms with Gasteiger partial charge in [0, 0.05) is 4.88 Å². The van der Waals surface area contributed by atoms with Gasteiger partial charge in [-0.3, -0.25) is 15.4 Å². The van der Waals surface area contributed by atoms with Gasteiger partial charge in [0.05, 0.1) is 12.6 Å². The minimum atomic E-state index is -4.53. The Hall–Kier alpha value is -2.39. The molecule has 1 aromatic heterocycles. The molecular formula is C17H18F3N3O2S. The number of urea groups is 1. The predicted octanol–water partition coefficient (Wildman–Crippen LogP) is 3.12. The van der Waals surface area contributed by atoms with Crippen molar-refractivity contribution in [1.29, 1.82) is 0 Å². The Morgan fingerprint density at radius 3 is 2.42 bits per heavy atom. The number of imide groups is 1. The zero-order chi connectivity index (χ0) is 19.2. The quantitative estimate of drug-likeness (QED) is 0.716. The van der Waals surface area contributed by atoms with Crippen LogP contribution in [0.25, 0.3) is 0 Å². The van der Waals surface area contributed by atoms with Gasteiger partial charge in [-0.2, -0.15) is 13.2 Å². The maximum absolute atomic E-state index is 12.0. The number of hydrogen-bond acceptors (Lipinski definition) is 4. The first-order chi connectivity index (χ1) is 12.2. The van der Waals surface area contributed by atoms with E-state index in [1.807, 2.05) is 54.0 Å². The largest absolute Gasteiger partial charge is 0.405 e. The molecule has 9 heteroatoms. The molecular weight excluding hydrogens is 367 g/mol. The number of alkyl halides is 3. The number of halogens is 3. The van der Waals surface area contributed by atoms with Crippen molar-refractivity contribution in [1.82, 2.24) is 16.0 Å². The van der Waals surface area contributed by atoms with E-state index >= 15 is 0 Å². The third-order valence-corrected chi connectivity index (χ3v) is 4.34. The van der Waals surface area contributed by atoms with Crippen LogP contribution in [0.1, 0.15) is 22.0 Å². The van der Waals surface area contributed by atoms with Gasteiger partial charge in [0.15, 0.2) is 0 Å². The monoisotopic (exact) mass is 385 g/mol. The van der Waals surface area contributed by atoms with Crippen LogP contribution in [0.5, 0.6) is 0 Å². The molecule has 1 heterocycles. The summed E-state index contributed by atoms with van der Waals surface area (Å²) in [6, 6.07) is 10.1. The van der Waals surface area contributed by atoms with E-state index in [-0.39, 0.29) is 12.6 Å². The van der Waals surface area contributed by atoms with Crippen LogP contribution >= 0.6 is 11.3 Å². The summed E-state index contributed by atoms with van der Waals surface area (Å²) in [5.41, 5.74) is 2.03. The fourth-order valence-corrected chi connectivity index (χ4v) is 3.01.